The van der Waals surface area contributed by atoms with Crippen LogP contribution in [0.2, 0.25) is 0 Å². The third kappa shape index (κ3) is 1.79. The van der Waals surface area contributed by atoms with Gasteiger partial charge in [0.05, 0.1) is 7.11 Å². The van der Waals surface area contributed by atoms with Gasteiger partial charge in [-0.2, -0.15) is 5.10 Å². The van der Waals surface area contributed by atoms with E-state index in [-0.39, 0.29) is 5.69 Å². The Labute approximate surface area is 97.2 Å². The van der Waals surface area contributed by atoms with Crippen LogP contribution in [-0.4, -0.2) is 22.5 Å². The van der Waals surface area contributed by atoms with Crippen LogP contribution in [0.4, 0.5) is 0 Å². The van der Waals surface area contributed by atoms with Gasteiger partial charge in [-0.05, 0) is 11.6 Å². The first-order valence-electron chi connectivity index (χ1n) is 4.61. The molecular formula is C11H9ClN2O2. The Morgan fingerprint density at radius 1 is 1.38 bits per heavy atom. The number of halogens is 1. The van der Waals surface area contributed by atoms with E-state index in [1.54, 1.807) is 0 Å². The van der Waals surface area contributed by atoms with Gasteiger partial charge in [0.2, 0.25) is 0 Å². The number of ether oxygens (including phenoxy) is 1. The zero-order valence-electron chi connectivity index (χ0n) is 8.53. The summed E-state index contributed by atoms with van der Waals surface area (Å²) in [6.07, 6.45) is 0. The first-order chi connectivity index (χ1) is 7.74. The van der Waals surface area contributed by atoms with Crippen molar-refractivity contribution in [3.05, 3.63) is 36.0 Å². The lowest BCUT2D eigenvalue weighted by Crippen LogP contribution is -1.94. The molecule has 0 saturated heterocycles. The number of nitrogens with zero attached hydrogens (tertiary/aromatic N) is 1. The van der Waals surface area contributed by atoms with Crippen molar-refractivity contribution in [1.82, 2.24) is 10.2 Å². The molecule has 0 atom stereocenters. The van der Waals surface area contributed by atoms with E-state index < -0.39 is 5.24 Å². The number of aromatic amines is 1. The van der Waals surface area contributed by atoms with Crippen LogP contribution in [0.3, 0.4) is 0 Å². The molecule has 0 unspecified atom stereocenters. The second-order valence-corrected chi connectivity index (χ2v) is 3.46. The minimum Gasteiger partial charge on any atom is -0.492 e. The smallest absolute Gasteiger partial charge is 0.276 e. The number of methoxy groups -OCH3 is 1. The molecule has 0 fully saturated rings. The number of carbonyl (C=O) groups excluding carboxylic acids is 1. The van der Waals surface area contributed by atoms with E-state index in [0.29, 0.717) is 11.4 Å². The number of carbonyl (C=O) groups is 1. The fourth-order valence-electron chi connectivity index (χ4n) is 1.46. The monoisotopic (exact) mass is 236 g/mol. The van der Waals surface area contributed by atoms with Gasteiger partial charge in [0, 0.05) is 5.56 Å². The van der Waals surface area contributed by atoms with Gasteiger partial charge in [-0.3, -0.25) is 9.89 Å². The van der Waals surface area contributed by atoms with Crippen LogP contribution in [0.5, 0.6) is 5.75 Å². The molecule has 1 N–H and O–H groups in total. The zero-order chi connectivity index (χ0) is 11.5. The van der Waals surface area contributed by atoms with Crippen molar-refractivity contribution in [1.29, 1.82) is 0 Å². The first-order valence-corrected chi connectivity index (χ1v) is 4.99. The molecule has 16 heavy (non-hydrogen) atoms. The summed E-state index contributed by atoms with van der Waals surface area (Å²) in [6, 6.07) is 9.45. The summed E-state index contributed by atoms with van der Waals surface area (Å²) in [5.41, 5.74) is 1.63. The first kappa shape index (κ1) is 10.7. The molecule has 0 saturated carbocycles. The molecule has 82 valence electrons. The van der Waals surface area contributed by atoms with Crippen molar-refractivity contribution in [3.63, 3.8) is 0 Å². The minimum absolute atomic E-state index is 0.100. The van der Waals surface area contributed by atoms with Crippen molar-refractivity contribution < 1.29 is 9.53 Å². The van der Waals surface area contributed by atoms with Gasteiger partial charge in [-0.25, -0.2) is 0 Å². The lowest BCUT2D eigenvalue weighted by molar-refractivity contribution is 0.107. The van der Waals surface area contributed by atoms with Gasteiger partial charge in [0.1, 0.15) is 5.69 Å². The average Bonchev–Trinajstić information content (AvgIpc) is 2.73. The second-order valence-electron chi connectivity index (χ2n) is 3.12. The summed E-state index contributed by atoms with van der Waals surface area (Å²) < 4.78 is 5.13. The standard InChI is InChI=1S/C11H9ClN2O2/c1-16-10-8(7-5-3-2-4-6-7)13-14-9(10)11(12)15/h2-6H,1H3,(H,13,14). The average molecular weight is 237 g/mol. The van der Waals surface area contributed by atoms with Crippen LogP contribution in [0.1, 0.15) is 10.5 Å². The molecule has 2 rings (SSSR count). The van der Waals surface area contributed by atoms with Crippen LogP contribution in [0.25, 0.3) is 11.3 Å². The van der Waals surface area contributed by atoms with Gasteiger partial charge >= 0.3 is 0 Å². The third-order valence-corrected chi connectivity index (χ3v) is 2.35. The summed E-state index contributed by atoms with van der Waals surface area (Å²) in [6.45, 7) is 0. The van der Waals surface area contributed by atoms with Crippen LogP contribution in [0, 0.1) is 0 Å². The van der Waals surface area contributed by atoms with Gasteiger partial charge in [0.25, 0.3) is 5.24 Å². The molecule has 1 aromatic carbocycles. The summed E-state index contributed by atoms with van der Waals surface area (Å²) in [5.74, 6) is 0.367. The summed E-state index contributed by atoms with van der Waals surface area (Å²) >= 11 is 5.39. The quantitative estimate of drug-likeness (QED) is 0.833. The predicted octanol–water partition coefficient (Wildman–Crippen LogP) is 2.46. The minimum atomic E-state index is -0.643. The molecule has 5 heteroatoms. The van der Waals surface area contributed by atoms with Crippen molar-refractivity contribution in [3.8, 4) is 17.0 Å². The normalized spacial score (nSPS) is 10.1. The highest BCUT2D eigenvalue weighted by Crippen LogP contribution is 2.31. The molecule has 0 bridgehead atoms. The maximum atomic E-state index is 11.1. The lowest BCUT2D eigenvalue weighted by atomic mass is 10.1. The van der Waals surface area contributed by atoms with Crippen LogP contribution in [-0.2, 0) is 0 Å². The van der Waals surface area contributed by atoms with E-state index >= 15 is 0 Å². The topological polar surface area (TPSA) is 55.0 Å². The maximum absolute atomic E-state index is 11.1. The summed E-state index contributed by atoms with van der Waals surface area (Å²) in [4.78, 5) is 11.1. The Morgan fingerprint density at radius 2 is 2.06 bits per heavy atom. The van der Waals surface area contributed by atoms with E-state index in [9.17, 15) is 4.79 Å². The maximum Gasteiger partial charge on any atom is 0.276 e. The van der Waals surface area contributed by atoms with E-state index in [4.69, 9.17) is 16.3 Å². The Bertz CT molecular complexity index is 508. The third-order valence-electron chi connectivity index (χ3n) is 2.17. The van der Waals surface area contributed by atoms with E-state index in [1.165, 1.54) is 7.11 Å². The van der Waals surface area contributed by atoms with Crippen molar-refractivity contribution >= 4 is 16.8 Å². The SMILES string of the molecule is COc1c(C(=O)Cl)n[nH]c1-c1ccccc1. The number of benzene rings is 1. The van der Waals surface area contributed by atoms with Crippen molar-refractivity contribution in [2.45, 2.75) is 0 Å². The highest BCUT2D eigenvalue weighted by atomic mass is 35.5. The molecule has 0 aliphatic carbocycles. The second kappa shape index (κ2) is 4.37. The fraction of sp³-hybridized carbons (Fsp3) is 0.0909. The molecule has 0 aliphatic rings. The largest absolute Gasteiger partial charge is 0.492 e. The van der Waals surface area contributed by atoms with Crippen LogP contribution < -0.4 is 4.74 Å². The van der Waals surface area contributed by atoms with Crippen molar-refractivity contribution in [2.75, 3.05) is 7.11 Å². The molecule has 0 amide bonds. The number of nitrogens with one attached hydrogen (secondary N) is 1. The van der Waals surface area contributed by atoms with E-state index in [2.05, 4.69) is 10.2 Å². The number of hydrogen-bond donors (Lipinski definition) is 1. The summed E-state index contributed by atoms with van der Waals surface area (Å²) in [7, 11) is 1.47. The zero-order valence-corrected chi connectivity index (χ0v) is 9.28. The highest BCUT2D eigenvalue weighted by Gasteiger charge is 2.19. The lowest BCUT2D eigenvalue weighted by Gasteiger charge is -2.02. The number of hydrogen-bond acceptors (Lipinski definition) is 3. The Morgan fingerprint density at radius 3 is 2.62 bits per heavy atom. The molecular weight excluding hydrogens is 228 g/mol. The van der Waals surface area contributed by atoms with E-state index in [0.717, 1.165) is 5.56 Å². The number of rotatable bonds is 3. The Balaban J connectivity index is 2.54. The van der Waals surface area contributed by atoms with Gasteiger partial charge < -0.3 is 4.74 Å². The van der Waals surface area contributed by atoms with Crippen LogP contribution >= 0.6 is 11.6 Å². The molecule has 4 nitrogen and oxygen atoms in total. The number of H-pyrrole nitrogens is 1. The van der Waals surface area contributed by atoms with Gasteiger partial charge in [-0.15, -0.1) is 0 Å². The van der Waals surface area contributed by atoms with Crippen molar-refractivity contribution in [2.24, 2.45) is 0 Å². The molecule has 0 spiro atoms. The van der Waals surface area contributed by atoms with Gasteiger partial charge in [0.15, 0.2) is 11.4 Å². The Kier molecular flexibility index (Phi) is 2.92. The Hall–Kier alpha value is -1.81. The number of aromatic nitrogens is 2. The predicted molar refractivity (Wildman–Crippen MR) is 60.8 cm³/mol. The molecule has 2 aromatic rings. The summed E-state index contributed by atoms with van der Waals surface area (Å²) in [5, 5.41) is 5.93. The van der Waals surface area contributed by atoms with E-state index in [1.807, 2.05) is 30.3 Å². The fourth-order valence-corrected chi connectivity index (χ4v) is 1.59. The molecule has 0 radical (unpaired) electrons. The molecule has 0 aliphatic heterocycles. The highest BCUT2D eigenvalue weighted by molar-refractivity contribution is 6.67. The molecule has 1 heterocycles. The van der Waals surface area contributed by atoms with Crippen LogP contribution in [0.15, 0.2) is 30.3 Å². The molecule has 1 aromatic heterocycles. The van der Waals surface area contributed by atoms with Gasteiger partial charge in [-0.1, -0.05) is 30.3 Å².